The molecular formula is C17H25NO4S. The molecule has 0 saturated carbocycles. The molecule has 2 atom stereocenters. The molecule has 0 N–H and O–H groups in total. The average Bonchev–Trinajstić information content (AvgIpc) is 3.17. The topological polar surface area (TPSA) is 59.1 Å². The van der Waals surface area contributed by atoms with Crippen molar-refractivity contribution in [2.75, 3.05) is 13.6 Å². The first-order chi connectivity index (χ1) is 10.4. The van der Waals surface area contributed by atoms with Gasteiger partial charge in [0.25, 0.3) is 0 Å². The Balaban J connectivity index is 1.93. The molecule has 1 aromatic rings. The highest BCUT2D eigenvalue weighted by molar-refractivity contribution is 7.89. The lowest BCUT2D eigenvalue weighted by atomic mass is 9.94. The average molecular weight is 339 g/mol. The minimum absolute atomic E-state index is 0.000240. The normalized spacial score (nSPS) is 25.5. The fourth-order valence-electron chi connectivity index (χ4n) is 3.15. The number of benzene rings is 1. The van der Waals surface area contributed by atoms with Crippen LogP contribution in [0.25, 0.3) is 0 Å². The molecule has 6 heteroatoms. The van der Waals surface area contributed by atoms with Gasteiger partial charge in [-0.25, -0.2) is 12.7 Å². The van der Waals surface area contributed by atoms with Crippen molar-refractivity contribution in [1.82, 2.24) is 4.31 Å². The summed E-state index contributed by atoms with van der Waals surface area (Å²) in [7, 11) is -1.90. The van der Waals surface area contributed by atoms with E-state index in [1.54, 1.807) is 25.2 Å². The minimum Gasteiger partial charge on any atom is -0.485 e. The molecule has 0 amide bonds. The number of hydrogen-bond acceptors (Lipinski definition) is 4. The van der Waals surface area contributed by atoms with Gasteiger partial charge in [-0.3, -0.25) is 0 Å². The van der Waals surface area contributed by atoms with Gasteiger partial charge in [-0.05, 0) is 37.5 Å². The molecule has 2 aliphatic rings. The van der Waals surface area contributed by atoms with Gasteiger partial charge in [0.1, 0.15) is 23.6 Å². The van der Waals surface area contributed by atoms with Crippen LogP contribution in [0.5, 0.6) is 5.75 Å². The summed E-state index contributed by atoms with van der Waals surface area (Å²) in [5.74, 6) is 0.714. The number of rotatable bonds is 3. The maximum absolute atomic E-state index is 12.8. The van der Waals surface area contributed by atoms with Crippen LogP contribution in [0, 0.1) is 5.41 Å². The zero-order chi connectivity index (χ0) is 17.2. The molecule has 1 aromatic carbocycles. The Morgan fingerprint density at radius 1 is 1.26 bits per heavy atom. The van der Waals surface area contributed by atoms with Crippen LogP contribution in [0.4, 0.5) is 0 Å². The molecule has 1 fully saturated rings. The van der Waals surface area contributed by atoms with Crippen molar-refractivity contribution in [3.8, 4) is 5.75 Å². The lowest BCUT2D eigenvalue weighted by molar-refractivity contribution is 0.0724. The van der Waals surface area contributed by atoms with Crippen LogP contribution < -0.4 is 4.74 Å². The standard InChI is InChI=1S/C17H25NO4S/c1-16(2,3)10-18(6)23(19,20)11-7-8-13-12(9-11)14-15(21-14)17(4,5)22-13/h7-9,14-15H,10H2,1-6H3/t14-,15-/m0/s1. The molecule has 0 radical (unpaired) electrons. The summed E-state index contributed by atoms with van der Waals surface area (Å²) in [6, 6.07) is 5.06. The van der Waals surface area contributed by atoms with Crippen molar-refractivity contribution in [3.63, 3.8) is 0 Å². The molecule has 0 unspecified atom stereocenters. The van der Waals surface area contributed by atoms with E-state index >= 15 is 0 Å². The van der Waals surface area contributed by atoms with Crippen LogP contribution in [-0.4, -0.2) is 38.0 Å². The summed E-state index contributed by atoms with van der Waals surface area (Å²) in [6.07, 6.45) is -0.0583. The molecule has 128 valence electrons. The van der Waals surface area contributed by atoms with Crippen LogP contribution in [0.1, 0.15) is 46.3 Å². The highest BCUT2D eigenvalue weighted by atomic mass is 32.2. The van der Waals surface area contributed by atoms with Gasteiger partial charge in [0.15, 0.2) is 0 Å². The van der Waals surface area contributed by atoms with E-state index in [4.69, 9.17) is 9.47 Å². The molecule has 0 bridgehead atoms. The SMILES string of the molecule is CN(CC(C)(C)C)S(=O)(=O)c1ccc2c(c1)[C@@H]1O[C@@H]1C(C)(C)O2. The van der Waals surface area contributed by atoms with Gasteiger partial charge in [0.05, 0.1) is 4.90 Å². The zero-order valence-electron chi connectivity index (χ0n) is 14.6. The predicted molar refractivity (Wildman–Crippen MR) is 88.0 cm³/mol. The second-order valence-electron chi connectivity index (χ2n) is 8.20. The summed E-state index contributed by atoms with van der Waals surface area (Å²) in [4.78, 5) is 0.292. The van der Waals surface area contributed by atoms with Gasteiger partial charge in [-0.2, -0.15) is 0 Å². The highest BCUT2D eigenvalue weighted by Crippen LogP contribution is 2.54. The summed E-state index contributed by atoms with van der Waals surface area (Å²) >= 11 is 0. The number of epoxide rings is 1. The van der Waals surface area contributed by atoms with E-state index in [1.165, 1.54) is 4.31 Å². The van der Waals surface area contributed by atoms with Gasteiger partial charge in [0.2, 0.25) is 10.0 Å². The molecule has 0 aliphatic carbocycles. The van der Waals surface area contributed by atoms with Crippen LogP contribution >= 0.6 is 0 Å². The number of nitrogens with zero attached hydrogens (tertiary/aromatic N) is 1. The Labute approximate surface area is 138 Å². The quantitative estimate of drug-likeness (QED) is 0.795. The van der Waals surface area contributed by atoms with Gasteiger partial charge in [0, 0.05) is 19.2 Å². The Kier molecular flexibility index (Phi) is 3.60. The molecule has 5 nitrogen and oxygen atoms in total. The number of sulfonamides is 1. The fraction of sp³-hybridized carbons (Fsp3) is 0.647. The van der Waals surface area contributed by atoms with Gasteiger partial charge >= 0.3 is 0 Å². The van der Waals surface area contributed by atoms with Crippen molar-refractivity contribution in [1.29, 1.82) is 0 Å². The predicted octanol–water partition coefficient (Wildman–Crippen LogP) is 2.96. The third-order valence-corrected chi connectivity index (χ3v) is 6.04. The first-order valence-corrected chi connectivity index (χ1v) is 9.31. The highest BCUT2D eigenvalue weighted by Gasteiger charge is 2.56. The lowest BCUT2D eigenvalue weighted by Crippen LogP contribution is -2.38. The van der Waals surface area contributed by atoms with Crippen LogP contribution in [0.2, 0.25) is 0 Å². The molecule has 1 saturated heterocycles. The van der Waals surface area contributed by atoms with E-state index in [2.05, 4.69) is 0 Å². The molecule has 2 heterocycles. The fourth-order valence-corrected chi connectivity index (χ4v) is 4.59. The third-order valence-electron chi connectivity index (χ3n) is 4.24. The first-order valence-electron chi connectivity index (χ1n) is 7.87. The number of ether oxygens (including phenoxy) is 2. The second kappa shape index (κ2) is 4.94. The summed E-state index contributed by atoms with van der Waals surface area (Å²) < 4.78 is 38.6. The summed E-state index contributed by atoms with van der Waals surface area (Å²) in [5, 5.41) is 0. The molecule has 23 heavy (non-hydrogen) atoms. The van der Waals surface area contributed by atoms with Crippen molar-refractivity contribution in [2.45, 2.75) is 57.3 Å². The minimum atomic E-state index is -3.52. The van der Waals surface area contributed by atoms with Crippen molar-refractivity contribution in [2.24, 2.45) is 5.41 Å². The Morgan fingerprint density at radius 3 is 2.52 bits per heavy atom. The van der Waals surface area contributed by atoms with Crippen molar-refractivity contribution < 1.29 is 17.9 Å². The maximum Gasteiger partial charge on any atom is 0.242 e. The third kappa shape index (κ3) is 2.99. The Bertz CT molecular complexity index is 733. The van der Waals surface area contributed by atoms with E-state index in [9.17, 15) is 8.42 Å². The Hall–Kier alpha value is -1.11. The molecule has 3 rings (SSSR count). The van der Waals surface area contributed by atoms with E-state index in [1.807, 2.05) is 34.6 Å². The van der Waals surface area contributed by atoms with E-state index < -0.39 is 10.0 Å². The first kappa shape index (κ1) is 16.7. The summed E-state index contributed by atoms with van der Waals surface area (Å²) in [5.41, 5.74) is 0.356. The van der Waals surface area contributed by atoms with E-state index in [0.717, 1.165) is 5.56 Å². The molecule has 2 aliphatic heterocycles. The van der Waals surface area contributed by atoms with Crippen molar-refractivity contribution in [3.05, 3.63) is 23.8 Å². The molecule has 0 aromatic heterocycles. The van der Waals surface area contributed by atoms with Crippen LogP contribution in [0.3, 0.4) is 0 Å². The van der Waals surface area contributed by atoms with E-state index in [0.29, 0.717) is 17.2 Å². The molecular weight excluding hydrogens is 314 g/mol. The zero-order valence-corrected chi connectivity index (χ0v) is 15.4. The lowest BCUT2D eigenvalue weighted by Gasteiger charge is -2.30. The van der Waals surface area contributed by atoms with Gasteiger partial charge < -0.3 is 9.47 Å². The van der Waals surface area contributed by atoms with Crippen LogP contribution in [-0.2, 0) is 14.8 Å². The maximum atomic E-state index is 12.8. The second-order valence-corrected chi connectivity index (χ2v) is 10.2. The monoisotopic (exact) mass is 339 g/mol. The summed E-state index contributed by atoms with van der Waals surface area (Å²) in [6.45, 7) is 10.5. The smallest absolute Gasteiger partial charge is 0.242 e. The molecule has 0 spiro atoms. The largest absolute Gasteiger partial charge is 0.485 e. The van der Waals surface area contributed by atoms with Gasteiger partial charge in [-0.1, -0.05) is 20.8 Å². The number of fused-ring (bicyclic) bond motifs is 3. The number of hydrogen-bond donors (Lipinski definition) is 0. The van der Waals surface area contributed by atoms with Gasteiger partial charge in [-0.15, -0.1) is 0 Å². The Morgan fingerprint density at radius 2 is 1.91 bits per heavy atom. The van der Waals surface area contributed by atoms with E-state index in [-0.39, 0.29) is 23.2 Å². The van der Waals surface area contributed by atoms with Crippen molar-refractivity contribution >= 4 is 10.0 Å². The van der Waals surface area contributed by atoms with Crippen LogP contribution in [0.15, 0.2) is 23.1 Å².